The Morgan fingerprint density at radius 2 is 2.56 bits per heavy atom. The van der Waals surface area contributed by atoms with Gasteiger partial charge in [-0.25, -0.2) is 4.99 Å². The summed E-state index contributed by atoms with van der Waals surface area (Å²) in [5, 5.41) is 11.6. The van der Waals surface area contributed by atoms with Crippen LogP contribution in [0, 0.1) is 0 Å². The summed E-state index contributed by atoms with van der Waals surface area (Å²) in [6, 6.07) is -1.55. The van der Waals surface area contributed by atoms with Crippen molar-refractivity contribution in [2.24, 2.45) is 4.99 Å². The molecule has 0 aromatic heterocycles. The van der Waals surface area contributed by atoms with Crippen molar-refractivity contribution in [2.45, 2.75) is 6.03 Å². The Bertz CT molecular complexity index is 155. The van der Waals surface area contributed by atoms with Crippen LogP contribution in [0.3, 0.4) is 0 Å². The molecular weight excluding hydrogens is 120 g/mol. The zero-order valence-corrected chi connectivity index (χ0v) is 5.03. The third-order valence-electron chi connectivity index (χ3n) is 0.988. The van der Waals surface area contributed by atoms with Gasteiger partial charge < -0.3 is 15.2 Å². The quantitative estimate of drug-likeness (QED) is 0.465. The average molecular weight is 128 g/mol. The Kier molecular flexibility index (Phi) is 1.50. The molecule has 1 heterocycles. The second-order valence-electron chi connectivity index (χ2n) is 1.59. The van der Waals surface area contributed by atoms with E-state index >= 15 is 0 Å². The number of rotatable bonds is 1. The van der Waals surface area contributed by atoms with Crippen molar-refractivity contribution in [1.82, 2.24) is 5.32 Å². The normalized spacial score (nSPS) is 32.2. The second kappa shape index (κ2) is 2.16. The first-order valence-corrected chi connectivity index (χ1v) is 2.52. The maximum atomic E-state index is 9.10. The van der Waals surface area contributed by atoms with Crippen LogP contribution in [0.4, 0.5) is 0 Å². The van der Waals surface area contributed by atoms with E-state index in [1.807, 2.05) is 0 Å². The molecule has 1 rings (SSSR count). The molecule has 9 heavy (non-hydrogen) atoms. The molecule has 50 valence electrons. The van der Waals surface area contributed by atoms with Crippen molar-refractivity contribution in [3.05, 3.63) is 12.3 Å². The predicted octanol–water partition coefficient (Wildman–Crippen LogP) is -0.576. The third-order valence-corrected chi connectivity index (χ3v) is 0.988. The number of nitrogens with one attached hydrogen (secondary N) is 1. The molecule has 0 saturated carbocycles. The first kappa shape index (κ1) is 6.25. The maximum absolute atomic E-state index is 9.10. The minimum Gasteiger partial charge on any atom is -0.330 e. The van der Waals surface area contributed by atoms with Crippen LogP contribution < -0.4 is 5.32 Å². The van der Waals surface area contributed by atoms with Crippen LogP contribution >= 0.6 is 0 Å². The fourth-order valence-electron chi connectivity index (χ4n) is 0.493. The smallest absolute Gasteiger partial charge is 0.330 e. The summed E-state index contributed by atoms with van der Waals surface area (Å²) in [6.45, 7) is 0. The average Bonchev–Trinajstić information content (AvgIpc) is 1.90. The van der Waals surface area contributed by atoms with Gasteiger partial charge in [0.2, 0.25) is 0 Å². The van der Waals surface area contributed by atoms with Crippen molar-refractivity contribution in [1.29, 1.82) is 0 Å². The highest BCUT2D eigenvalue weighted by Crippen LogP contribution is 2.03. The molecule has 0 aromatic carbocycles. The number of methoxy groups -OCH3 is 1. The van der Waals surface area contributed by atoms with Crippen LogP contribution in [0.5, 0.6) is 0 Å². The number of aliphatic imine (C=N–C) groups is 1. The van der Waals surface area contributed by atoms with E-state index in [1.54, 1.807) is 12.3 Å². The Labute approximate surface area is 52.9 Å². The van der Waals surface area contributed by atoms with Gasteiger partial charge in [0, 0.05) is 19.5 Å². The molecule has 0 radical (unpaired) electrons. The zero-order chi connectivity index (χ0) is 6.74. The molecule has 4 nitrogen and oxygen atoms in total. The van der Waals surface area contributed by atoms with Gasteiger partial charge in [-0.2, -0.15) is 0 Å². The van der Waals surface area contributed by atoms with E-state index in [1.165, 1.54) is 13.3 Å². The lowest BCUT2D eigenvalue weighted by Gasteiger charge is -2.22. The minimum absolute atomic E-state index is 1.36. The van der Waals surface area contributed by atoms with Gasteiger partial charge in [-0.15, -0.1) is 0 Å². The fraction of sp³-hybridized carbons (Fsp3) is 0.400. The first-order chi connectivity index (χ1) is 4.27. The highest BCUT2D eigenvalue weighted by atomic mass is 16.7. The van der Waals surface area contributed by atoms with E-state index in [0.717, 1.165) is 0 Å². The second-order valence-corrected chi connectivity index (χ2v) is 1.59. The van der Waals surface area contributed by atoms with Crippen LogP contribution in [0.15, 0.2) is 17.3 Å². The van der Waals surface area contributed by atoms with Crippen LogP contribution in [0.25, 0.3) is 0 Å². The van der Waals surface area contributed by atoms with Crippen LogP contribution in [-0.4, -0.2) is 24.5 Å². The lowest BCUT2D eigenvalue weighted by Crippen LogP contribution is -2.43. The number of nitrogens with zero attached hydrogens (tertiary/aromatic N) is 1. The summed E-state index contributed by atoms with van der Waals surface area (Å²) < 4.78 is 4.57. The molecule has 1 aliphatic heterocycles. The summed E-state index contributed by atoms with van der Waals surface area (Å²) in [5.41, 5.74) is 0. The van der Waals surface area contributed by atoms with Crippen molar-refractivity contribution in [3.8, 4) is 0 Å². The Morgan fingerprint density at radius 1 is 1.78 bits per heavy atom. The lowest BCUT2D eigenvalue weighted by atomic mass is 10.5. The number of ether oxygens (including phenoxy) is 1. The van der Waals surface area contributed by atoms with E-state index in [4.69, 9.17) is 5.11 Å². The third kappa shape index (κ3) is 1.28. The highest BCUT2D eigenvalue weighted by Gasteiger charge is 2.22. The largest absolute Gasteiger partial charge is 0.355 e. The van der Waals surface area contributed by atoms with Gasteiger partial charge >= 0.3 is 6.03 Å². The maximum Gasteiger partial charge on any atom is 0.355 e. The Hall–Kier alpha value is -0.870. The first-order valence-electron chi connectivity index (χ1n) is 2.52. The van der Waals surface area contributed by atoms with E-state index in [2.05, 4.69) is 15.0 Å². The van der Waals surface area contributed by atoms with Gasteiger partial charge in [-0.1, -0.05) is 0 Å². The monoisotopic (exact) mass is 128 g/mol. The van der Waals surface area contributed by atoms with Crippen molar-refractivity contribution < 1.29 is 9.84 Å². The molecule has 0 fully saturated rings. The van der Waals surface area contributed by atoms with Crippen molar-refractivity contribution in [3.63, 3.8) is 0 Å². The van der Waals surface area contributed by atoms with Gasteiger partial charge in [-0.05, 0) is 6.08 Å². The summed E-state index contributed by atoms with van der Waals surface area (Å²) >= 11 is 0. The molecule has 1 aliphatic rings. The molecule has 0 bridgehead atoms. The SMILES string of the molecule is COC1(O)N=CC=CN1. The van der Waals surface area contributed by atoms with Gasteiger partial charge in [0.05, 0.1) is 0 Å². The van der Waals surface area contributed by atoms with Gasteiger partial charge in [0.25, 0.3) is 0 Å². The van der Waals surface area contributed by atoms with E-state index in [9.17, 15) is 0 Å². The van der Waals surface area contributed by atoms with Gasteiger partial charge in [-0.3, -0.25) is 0 Å². The minimum atomic E-state index is -1.55. The molecule has 0 aromatic rings. The summed E-state index contributed by atoms with van der Waals surface area (Å²) in [7, 11) is 1.36. The van der Waals surface area contributed by atoms with E-state index in [0.29, 0.717) is 0 Å². The van der Waals surface area contributed by atoms with E-state index in [-0.39, 0.29) is 0 Å². The molecule has 0 spiro atoms. The molecule has 0 amide bonds. The van der Waals surface area contributed by atoms with Crippen LogP contribution in [-0.2, 0) is 4.74 Å². The fourth-order valence-corrected chi connectivity index (χ4v) is 0.493. The summed E-state index contributed by atoms with van der Waals surface area (Å²) in [4.78, 5) is 3.59. The Morgan fingerprint density at radius 3 is 2.89 bits per heavy atom. The molecule has 1 unspecified atom stereocenters. The summed E-state index contributed by atoms with van der Waals surface area (Å²) in [6.07, 6.45) is 4.67. The molecule has 2 N–H and O–H groups in total. The Balaban J connectivity index is 2.63. The van der Waals surface area contributed by atoms with Gasteiger partial charge in [0.15, 0.2) is 0 Å². The molecule has 1 atom stereocenters. The van der Waals surface area contributed by atoms with Crippen molar-refractivity contribution >= 4 is 6.21 Å². The molecular formula is C5H8N2O2. The number of aliphatic hydroxyl groups is 1. The topological polar surface area (TPSA) is 53.9 Å². The summed E-state index contributed by atoms with van der Waals surface area (Å²) in [5.74, 6) is 0. The molecule has 0 saturated heterocycles. The zero-order valence-electron chi connectivity index (χ0n) is 5.03. The van der Waals surface area contributed by atoms with Crippen LogP contribution in [0.2, 0.25) is 0 Å². The van der Waals surface area contributed by atoms with Gasteiger partial charge in [0.1, 0.15) is 0 Å². The highest BCUT2D eigenvalue weighted by molar-refractivity contribution is 5.71. The van der Waals surface area contributed by atoms with Crippen molar-refractivity contribution in [2.75, 3.05) is 7.11 Å². The standard InChI is InChI=1S/C5H8N2O2/c1-9-5(8)6-3-2-4-7-5/h2-4,6,8H,1H3. The number of hydrogen-bond donors (Lipinski definition) is 2. The molecule has 4 heteroatoms. The molecule has 0 aliphatic carbocycles. The van der Waals surface area contributed by atoms with E-state index < -0.39 is 6.03 Å². The predicted molar refractivity (Wildman–Crippen MR) is 32.7 cm³/mol. The number of hydrogen-bond acceptors (Lipinski definition) is 4. The van der Waals surface area contributed by atoms with Crippen LogP contribution in [0.1, 0.15) is 0 Å². The lowest BCUT2D eigenvalue weighted by molar-refractivity contribution is -0.193. The number of allylic oxidation sites excluding steroid dienone is 1.